The Hall–Kier alpha value is -2.17. The maximum absolute atomic E-state index is 12.3. The smallest absolute Gasteiger partial charge is 0.245 e. The van der Waals surface area contributed by atoms with E-state index in [0.717, 1.165) is 4.31 Å². The summed E-state index contributed by atoms with van der Waals surface area (Å²) in [7, 11) is -3.67. The fourth-order valence-corrected chi connectivity index (χ4v) is 3.10. The molecule has 6 nitrogen and oxygen atoms in total. The van der Waals surface area contributed by atoms with Gasteiger partial charge in [-0.1, -0.05) is 6.08 Å². The number of carbonyl (C=O) groups is 1. The molecule has 1 aromatic rings. The Kier molecular flexibility index (Phi) is 3.38. The van der Waals surface area contributed by atoms with Crippen LogP contribution in [0.5, 0.6) is 0 Å². The Morgan fingerprint density at radius 3 is 2.42 bits per heavy atom. The first kappa shape index (κ1) is 13.3. The quantitative estimate of drug-likeness (QED) is 0.837. The lowest BCUT2D eigenvalue weighted by atomic mass is 10.2. The zero-order valence-electron chi connectivity index (χ0n) is 9.91. The average molecular weight is 277 g/mol. The van der Waals surface area contributed by atoms with Crippen LogP contribution in [0.4, 0.5) is 0 Å². The normalized spacial score (nSPS) is 15.8. The number of benzene rings is 1. The van der Waals surface area contributed by atoms with E-state index in [1.54, 1.807) is 0 Å². The fourth-order valence-electron chi connectivity index (χ4n) is 1.74. The van der Waals surface area contributed by atoms with E-state index in [1.165, 1.54) is 30.3 Å². The Balaban J connectivity index is 2.25. The number of rotatable bonds is 3. The van der Waals surface area contributed by atoms with Gasteiger partial charge in [-0.2, -0.15) is 9.57 Å². The van der Waals surface area contributed by atoms with Crippen molar-refractivity contribution in [3.63, 3.8) is 0 Å². The molecule has 1 amide bonds. The highest BCUT2D eigenvalue weighted by Gasteiger charge is 2.29. The molecular formula is C12H11N3O3S. The number of nitriles is 1. The van der Waals surface area contributed by atoms with Crippen LogP contribution in [0.3, 0.4) is 0 Å². The molecule has 7 heteroatoms. The maximum Gasteiger partial charge on any atom is 0.245 e. The zero-order valence-corrected chi connectivity index (χ0v) is 10.7. The van der Waals surface area contributed by atoms with E-state index in [-0.39, 0.29) is 23.6 Å². The number of hydrogen-bond donors (Lipinski definition) is 1. The van der Waals surface area contributed by atoms with Gasteiger partial charge in [-0.05, 0) is 24.3 Å². The first-order valence-corrected chi connectivity index (χ1v) is 6.88. The number of hydrogen-bond acceptors (Lipinski definition) is 4. The molecular weight excluding hydrogens is 266 g/mol. The summed E-state index contributed by atoms with van der Waals surface area (Å²) in [5.74, 6) is -0.613. The molecule has 0 aliphatic carbocycles. The predicted octanol–water partition coefficient (Wildman–Crippen LogP) is -0.0257. The fraction of sp³-hybridized carbons (Fsp3) is 0.167. The first-order chi connectivity index (χ1) is 8.95. The lowest BCUT2D eigenvalue weighted by molar-refractivity contribution is -0.114. The van der Waals surface area contributed by atoms with Crippen molar-refractivity contribution in [3.05, 3.63) is 41.5 Å². The summed E-state index contributed by atoms with van der Waals surface area (Å²) >= 11 is 0. The lowest BCUT2D eigenvalue weighted by Crippen LogP contribution is -2.30. The van der Waals surface area contributed by atoms with Gasteiger partial charge in [0.05, 0.1) is 16.5 Å². The molecule has 2 N–H and O–H groups in total. The molecule has 0 spiro atoms. The third-order valence-electron chi connectivity index (χ3n) is 2.83. The summed E-state index contributed by atoms with van der Waals surface area (Å²) in [5.41, 5.74) is 5.79. The van der Waals surface area contributed by atoms with Crippen LogP contribution >= 0.6 is 0 Å². The minimum atomic E-state index is -3.67. The van der Waals surface area contributed by atoms with Crippen LogP contribution in [0.25, 0.3) is 0 Å². The molecule has 0 bridgehead atoms. The highest BCUT2D eigenvalue weighted by atomic mass is 32.2. The minimum absolute atomic E-state index is 0.0162. The third kappa shape index (κ3) is 2.50. The van der Waals surface area contributed by atoms with E-state index in [0.29, 0.717) is 5.56 Å². The summed E-state index contributed by atoms with van der Waals surface area (Å²) < 4.78 is 25.7. The Labute approximate surface area is 110 Å². The van der Waals surface area contributed by atoms with E-state index in [2.05, 4.69) is 0 Å². The topological polar surface area (TPSA) is 104 Å². The number of sulfonamides is 1. The van der Waals surface area contributed by atoms with Crippen LogP contribution in [-0.2, 0) is 14.8 Å². The van der Waals surface area contributed by atoms with Gasteiger partial charge in [0, 0.05) is 18.7 Å². The van der Waals surface area contributed by atoms with Crippen molar-refractivity contribution >= 4 is 15.9 Å². The molecule has 0 saturated heterocycles. The van der Waals surface area contributed by atoms with Gasteiger partial charge in [0.25, 0.3) is 0 Å². The van der Waals surface area contributed by atoms with Gasteiger partial charge in [-0.15, -0.1) is 0 Å². The second-order valence-electron chi connectivity index (χ2n) is 4.03. The van der Waals surface area contributed by atoms with E-state index in [4.69, 9.17) is 11.0 Å². The summed E-state index contributed by atoms with van der Waals surface area (Å²) in [6.45, 7) is 0.109. The van der Waals surface area contributed by atoms with Crippen LogP contribution in [0.15, 0.2) is 40.8 Å². The first-order valence-electron chi connectivity index (χ1n) is 5.44. The Morgan fingerprint density at radius 2 is 1.95 bits per heavy atom. The van der Waals surface area contributed by atoms with Crippen molar-refractivity contribution in [2.45, 2.75) is 4.90 Å². The van der Waals surface area contributed by atoms with Gasteiger partial charge in [-0.3, -0.25) is 4.79 Å². The van der Waals surface area contributed by atoms with Crippen molar-refractivity contribution < 1.29 is 13.2 Å². The summed E-state index contributed by atoms with van der Waals surface area (Å²) in [5, 5.41) is 8.67. The lowest BCUT2D eigenvalue weighted by Gasteiger charge is -2.16. The van der Waals surface area contributed by atoms with Crippen molar-refractivity contribution in [3.8, 4) is 6.07 Å². The molecule has 98 valence electrons. The molecule has 0 aromatic heterocycles. The third-order valence-corrected chi connectivity index (χ3v) is 4.65. The molecule has 1 aromatic carbocycles. The average Bonchev–Trinajstić information content (AvgIpc) is 2.89. The molecule has 0 radical (unpaired) electrons. The highest BCUT2D eigenvalue weighted by Crippen LogP contribution is 2.20. The molecule has 1 aliphatic heterocycles. The Bertz CT molecular complexity index is 684. The minimum Gasteiger partial charge on any atom is -0.366 e. The molecule has 0 fully saturated rings. The van der Waals surface area contributed by atoms with Gasteiger partial charge in [0.2, 0.25) is 15.9 Å². The largest absolute Gasteiger partial charge is 0.366 e. The number of nitrogens with two attached hydrogens (primary N) is 1. The monoisotopic (exact) mass is 277 g/mol. The number of amides is 1. The SMILES string of the molecule is N#Cc1ccc(S(=O)(=O)N2CC=C(C(N)=O)C2)cc1. The molecule has 19 heavy (non-hydrogen) atoms. The van der Waals surface area contributed by atoms with Crippen molar-refractivity contribution in [1.82, 2.24) is 4.31 Å². The summed E-state index contributed by atoms with van der Waals surface area (Å²) in [6.07, 6.45) is 1.50. The highest BCUT2D eigenvalue weighted by molar-refractivity contribution is 7.89. The van der Waals surface area contributed by atoms with Gasteiger partial charge >= 0.3 is 0 Å². The number of carbonyl (C=O) groups excluding carboxylic acids is 1. The predicted molar refractivity (Wildman–Crippen MR) is 67.2 cm³/mol. The van der Waals surface area contributed by atoms with E-state index in [1.807, 2.05) is 6.07 Å². The van der Waals surface area contributed by atoms with Gasteiger partial charge in [0.15, 0.2) is 0 Å². The number of primary amides is 1. The second kappa shape index (κ2) is 4.84. The van der Waals surface area contributed by atoms with E-state index < -0.39 is 15.9 Å². The van der Waals surface area contributed by atoms with Crippen molar-refractivity contribution in [2.75, 3.05) is 13.1 Å². The number of nitrogens with zero attached hydrogens (tertiary/aromatic N) is 2. The van der Waals surface area contributed by atoms with Crippen LogP contribution in [0, 0.1) is 11.3 Å². The maximum atomic E-state index is 12.3. The molecule has 1 aliphatic rings. The van der Waals surface area contributed by atoms with Crippen molar-refractivity contribution in [1.29, 1.82) is 5.26 Å². The molecule has 2 rings (SSSR count). The van der Waals surface area contributed by atoms with E-state index >= 15 is 0 Å². The summed E-state index contributed by atoms with van der Waals surface area (Å²) in [4.78, 5) is 11.1. The molecule has 1 heterocycles. The second-order valence-corrected chi connectivity index (χ2v) is 5.97. The van der Waals surface area contributed by atoms with Crippen molar-refractivity contribution in [2.24, 2.45) is 5.73 Å². The van der Waals surface area contributed by atoms with Crippen LogP contribution < -0.4 is 5.73 Å². The van der Waals surface area contributed by atoms with Gasteiger partial charge < -0.3 is 5.73 Å². The van der Waals surface area contributed by atoms with Gasteiger partial charge in [0.1, 0.15) is 0 Å². The summed E-state index contributed by atoms with van der Waals surface area (Å²) in [6, 6.07) is 7.53. The Morgan fingerprint density at radius 1 is 1.32 bits per heavy atom. The molecule has 0 saturated carbocycles. The van der Waals surface area contributed by atoms with E-state index in [9.17, 15) is 13.2 Å². The molecule has 0 atom stereocenters. The van der Waals surface area contributed by atoms with Crippen LogP contribution in [0.1, 0.15) is 5.56 Å². The van der Waals surface area contributed by atoms with Crippen LogP contribution in [-0.4, -0.2) is 31.7 Å². The van der Waals surface area contributed by atoms with Crippen LogP contribution in [0.2, 0.25) is 0 Å². The molecule has 0 unspecified atom stereocenters. The zero-order chi connectivity index (χ0) is 14.0. The standard InChI is InChI=1S/C12H11N3O3S/c13-7-9-1-3-11(4-2-9)19(17,18)15-6-5-10(8-15)12(14)16/h1-5H,6,8H2,(H2,14,16). The van der Waals surface area contributed by atoms with Gasteiger partial charge in [-0.25, -0.2) is 8.42 Å².